The highest BCUT2D eigenvalue weighted by atomic mass is 32.2. The van der Waals surface area contributed by atoms with E-state index in [0.717, 1.165) is 22.7 Å². The summed E-state index contributed by atoms with van der Waals surface area (Å²) < 4.78 is 26.9. The number of nitrogen functional groups attached to an aromatic ring is 1. The molecule has 0 heterocycles. The monoisotopic (exact) mass is 279 g/mol. The third-order valence-corrected chi connectivity index (χ3v) is 3.97. The van der Waals surface area contributed by atoms with Crippen LogP contribution in [0.15, 0.2) is 46.2 Å². The molecule has 0 atom stereocenters. The lowest BCUT2D eigenvalue weighted by Crippen LogP contribution is -1.95. The van der Waals surface area contributed by atoms with Gasteiger partial charge in [0.15, 0.2) is 11.6 Å². The van der Waals surface area contributed by atoms with E-state index in [1.165, 1.54) is 11.6 Å². The Morgan fingerprint density at radius 3 is 2.21 bits per heavy atom. The van der Waals surface area contributed by atoms with Gasteiger partial charge in [-0.05, 0) is 35.7 Å². The zero-order valence-corrected chi connectivity index (χ0v) is 11.6. The first-order valence-electron chi connectivity index (χ1n) is 6.00. The maximum Gasteiger partial charge on any atom is 0.174 e. The van der Waals surface area contributed by atoms with Crippen molar-refractivity contribution in [3.8, 4) is 0 Å². The molecule has 0 bridgehead atoms. The number of halogens is 2. The quantitative estimate of drug-likeness (QED) is 0.815. The standard InChI is InChI=1S/C15H15F2NS/c1-9(2)10-3-5-11(6-4-10)19-15-13(18)8-7-12(16)14(15)17/h3-9H,18H2,1-2H3. The van der Waals surface area contributed by atoms with Gasteiger partial charge in [-0.1, -0.05) is 37.7 Å². The van der Waals surface area contributed by atoms with E-state index in [9.17, 15) is 8.78 Å². The lowest BCUT2D eigenvalue weighted by Gasteiger charge is -2.09. The van der Waals surface area contributed by atoms with E-state index in [2.05, 4.69) is 13.8 Å². The van der Waals surface area contributed by atoms with E-state index in [0.29, 0.717) is 5.92 Å². The van der Waals surface area contributed by atoms with Gasteiger partial charge in [0.1, 0.15) is 0 Å². The van der Waals surface area contributed by atoms with Crippen molar-refractivity contribution in [2.75, 3.05) is 5.73 Å². The van der Waals surface area contributed by atoms with E-state index in [-0.39, 0.29) is 10.6 Å². The molecule has 0 spiro atoms. The van der Waals surface area contributed by atoms with Crippen LogP contribution in [0, 0.1) is 11.6 Å². The fourth-order valence-corrected chi connectivity index (χ4v) is 2.57. The number of anilines is 1. The molecule has 0 aliphatic carbocycles. The van der Waals surface area contributed by atoms with Crippen molar-refractivity contribution in [1.29, 1.82) is 0 Å². The average molecular weight is 279 g/mol. The molecule has 0 aliphatic rings. The molecule has 4 heteroatoms. The van der Waals surface area contributed by atoms with Crippen molar-refractivity contribution in [2.45, 2.75) is 29.6 Å². The second-order valence-corrected chi connectivity index (χ2v) is 5.69. The van der Waals surface area contributed by atoms with Gasteiger partial charge in [0.25, 0.3) is 0 Å². The molecule has 0 aromatic heterocycles. The van der Waals surface area contributed by atoms with E-state index >= 15 is 0 Å². The Labute approximate surface area is 115 Å². The van der Waals surface area contributed by atoms with Crippen LogP contribution < -0.4 is 5.73 Å². The lowest BCUT2D eigenvalue weighted by atomic mass is 10.0. The average Bonchev–Trinajstić information content (AvgIpc) is 2.40. The second-order valence-electron chi connectivity index (χ2n) is 4.61. The molecule has 0 saturated carbocycles. The highest BCUT2D eigenvalue weighted by Gasteiger charge is 2.13. The van der Waals surface area contributed by atoms with E-state index in [4.69, 9.17) is 5.73 Å². The van der Waals surface area contributed by atoms with Gasteiger partial charge in [-0.15, -0.1) is 0 Å². The SMILES string of the molecule is CC(C)c1ccc(Sc2c(N)ccc(F)c2F)cc1. The zero-order valence-electron chi connectivity index (χ0n) is 10.8. The minimum absolute atomic E-state index is 0.136. The highest BCUT2D eigenvalue weighted by molar-refractivity contribution is 7.99. The Hall–Kier alpha value is -1.55. The first kappa shape index (κ1) is 13.9. The third-order valence-electron chi connectivity index (χ3n) is 2.85. The molecule has 0 saturated heterocycles. The molecule has 2 N–H and O–H groups in total. The van der Waals surface area contributed by atoms with Crippen LogP contribution >= 0.6 is 11.8 Å². The number of benzene rings is 2. The first-order valence-corrected chi connectivity index (χ1v) is 6.82. The summed E-state index contributed by atoms with van der Waals surface area (Å²) in [6.45, 7) is 4.21. The molecular weight excluding hydrogens is 264 g/mol. The van der Waals surface area contributed by atoms with E-state index < -0.39 is 11.6 Å². The van der Waals surface area contributed by atoms with Crippen LogP contribution in [-0.4, -0.2) is 0 Å². The molecule has 100 valence electrons. The lowest BCUT2D eigenvalue weighted by molar-refractivity contribution is 0.492. The van der Waals surface area contributed by atoms with Gasteiger partial charge < -0.3 is 5.73 Å². The molecule has 0 amide bonds. The fraction of sp³-hybridized carbons (Fsp3) is 0.200. The minimum atomic E-state index is -0.891. The van der Waals surface area contributed by atoms with Crippen LogP contribution in [0.1, 0.15) is 25.3 Å². The van der Waals surface area contributed by atoms with Gasteiger partial charge in [0.2, 0.25) is 0 Å². The summed E-state index contributed by atoms with van der Waals surface area (Å²) in [5, 5.41) is 0. The Kier molecular flexibility index (Phi) is 4.10. The molecule has 1 nitrogen and oxygen atoms in total. The van der Waals surface area contributed by atoms with Gasteiger partial charge in [-0.2, -0.15) is 0 Å². The number of nitrogens with two attached hydrogens (primary N) is 1. The molecule has 0 unspecified atom stereocenters. The normalized spacial score (nSPS) is 11.0. The Morgan fingerprint density at radius 2 is 1.63 bits per heavy atom. The fourth-order valence-electron chi connectivity index (χ4n) is 1.69. The van der Waals surface area contributed by atoms with Crippen LogP contribution in [-0.2, 0) is 0 Å². The highest BCUT2D eigenvalue weighted by Crippen LogP contribution is 2.35. The largest absolute Gasteiger partial charge is 0.398 e. The van der Waals surface area contributed by atoms with Crippen LogP contribution in [0.4, 0.5) is 14.5 Å². The summed E-state index contributed by atoms with van der Waals surface area (Å²) in [7, 11) is 0. The maximum absolute atomic E-state index is 13.7. The second kappa shape index (κ2) is 5.61. The van der Waals surface area contributed by atoms with Crippen LogP contribution in [0.5, 0.6) is 0 Å². The van der Waals surface area contributed by atoms with Crippen molar-refractivity contribution in [1.82, 2.24) is 0 Å². The predicted octanol–water partition coefficient (Wildman–Crippen LogP) is 4.82. The minimum Gasteiger partial charge on any atom is -0.398 e. The van der Waals surface area contributed by atoms with Crippen molar-refractivity contribution < 1.29 is 8.78 Å². The molecule has 19 heavy (non-hydrogen) atoms. The molecule has 0 radical (unpaired) electrons. The van der Waals surface area contributed by atoms with Crippen LogP contribution in [0.25, 0.3) is 0 Å². The van der Waals surface area contributed by atoms with Crippen molar-refractivity contribution >= 4 is 17.4 Å². The van der Waals surface area contributed by atoms with Crippen molar-refractivity contribution in [3.63, 3.8) is 0 Å². The number of rotatable bonds is 3. The van der Waals surface area contributed by atoms with Gasteiger partial charge in [0, 0.05) is 10.6 Å². The van der Waals surface area contributed by atoms with Gasteiger partial charge in [-0.3, -0.25) is 0 Å². The smallest absolute Gasteiger partial charge is 0.174 e. The van der Waals surface area contributed by atoms with Crippen LogP contribution in [0.3, 0.4) is 0 Å². The summed E-state index contributed by atoms with van der Waals surface area (Å²) in [5.74, 6) is -1.33. The van der Waals surface area contributed by atoms with Crippen LogP contribution in [0.2, 0.25) is 0 Å². The Balaban J connectivity index is 2.29. The predicted molar refractivity (Wildman–Crippen MR) is 75.4 cm³/mol. The Bertz CT molecular complexity index is 579. The Morgan fingerprint density at radius 1 is 1.00 bits per heavy atom. The zero-order chi connectivity index (χ0) is 14.0. The third kappa shape index (κ3) is 3.07. The molecule has 2 aromatic carbocycles. The number of hydrogen-bond donors (Lipinski definition) is 1. The topological polar surface area (TPSA) is 26.0 Å². The summed E-state index contributed by atoms with van der Waals surface area (Å²) >= 11 is 1.14. The van der Waals surface area contributed by atoms with Crippen molar-refractivity contribution in [3.05, 3.63) is 53.6 Å². The van der Waals surface area contributed by atoms with E-state index in [1.54, 1.807) is 0 Å². The summed E-state index contributed by atoms with van der Waals surface area (Å²) in [6, 6.07) is 10.2. The van der Waals surface area contributed by atoms with E-state index in [1.807, 2.05) is 24.3 Å². The number of hydrogen-bond acceptors (Lipinski definition) is 2. The summed E-state index contributed by atoms with van der Waals surface area (Å²) in [5.41, 5.74) is 7.14. The van der Waals surface area contributed by atoms with Gasteiger partial charge in [-0.25, -0.2) is 8.78 Å². The molecular formula is C15H15F2NS. The molecule has 0 fully saturated rings. The molecule has 2 rings (SSSR count). The van der Waals surface area contributed by atoms with Gasteiger partial charge >= 0.3 is 0 Å². The van der Waals surface area contributed by atoms with Gasteiger partial charge in [0.05, 0.1) is 4.90 Å². The summed E-state index contributed by atoms with van der Waals surface area (Å²) in [4.78, 5) is 0.970. The first-order chi connectivity index (χ1) is 8.99. The summed E-state index contributed by atoms with van der Waals surface area (Å²) in [6.07, 6.45) is 0. The van der Waals surface area contributed by atoms with Crippen molar-refractivity contribution in [2.24, 2.45) is 0 Å². The maximum atomic E-state index is 13.7. The molecule has 2 aromatic rings. The molecule has 0 aliphatic heterocycles.